The molecule has 0 radical (unpaired) electrons. The summed E-state index contributed by atoms with van der Waals surface area (Å²) in [5, 5.41) is 2.93. The lowest BCUT2D eigenvalue weighted by molar-refractivity contribution is 0.0951. The molecule has 0 spiro atoms. The molecule has 31 heavy (non-hydrogen) atoms. The van der Waals surface area contributed by atoms with Crippen LogP contribution in [0.1, 0.15) is 23.2 Å². The van der Waals surface area contributed by atoms with Gasteiger partial charge in [0.1, 0.15) is 0 Å². The fraction of sp³-hybridized carbons (Fsp3) is 0.435. The topological polar surface area (TPSA) is 73.0 Å². The van der Waals surface area contributed by atoms with Crippen LogP contribution in [-0.4, -0.2) is 77.5 Å². The number of anilines is 1. The van der Waals surface area contributed by atoms with E-state index in [4.69, 9.17) is 0 Å². The zero-order valence-corrected chi connectivity index (χ0v) is 19.1. The van der Waals surface area contributed by atoms with Crippen LogP contribution in [0.25, 0.3) is 0 Å². The molecule has 0 atom stereocenters. The van der Waals surface area contributed by atoms with Gasteiger partial charge in [-0.15, -0.1) is 0 Å². The highest BCUT2D eigenvalue weighted by molar-refractivity contribution is 7.92. The normalized spacial score (nSPS) is 15.5. The molecular formula is C23H32N4O3S. The van der Waals surface area contributed by atoms with Crippen molar-refractivity contribution in [2.24, 2.45) is 0 Å². The average Bonchev–Trinajstić information content (AvgIpc) is 2.80. The van der Waals surface area contributed by atoms with Crippen molar-refractivity contribution in [2.75, 3.05) is 57.7 Å². The van der Waals surface area contributed by atoms with Gasteiger partial charge in [0.15, 0.2) is 0 Å². The van der Waals surface area contributed by atoms with Crippen molar-refractivity contribution < 1.29 is 13.2 Å². The second-order valence-electron chi connectivity index (χ2n) is 7.94. The smallest absolute Gasteiger partial charge is 0.264 e. The Labute approximate surface area is 185 Å². The van der Waals surface area contributed by atoms with Crippen LogP contribution in [0.15, 0.2) is 59.5 Å². The second-order valence-corrected chi connectivity index (χ2v) is 9.91. The molecule has 0 aliphatic carbocycles. The first-order chi connectivity index (χ1) is 14.9. The van der Waals surface area contributed by atoms with Crippen LogP contribution in [0.5, 0.6) is 0 Å². The van der Waals surface area contributed by atoms with Crippen molar-refractivity contribution in [2.45, 2.75) is 17.7 Å². The number of nitrogens with zero attached hydrogens (tertiary/aromatic N) is 3. The average molecular weight is 445 g/mol. The Balaban J connectivity index is 1.46. The minimum Gasteiger partial charge on any atom is -0.352 e. The molecule has 1 heterocycles. The third kappa shape index (κ3) is 6.29. The number of likely N-dealkylation sites (N-methyl/N-ethyl adjacent to an activating group) is 1. The van der Waals surface area contributed by atoms with Crippen LogP contribution in [0.2, 0.25) is 0 Å². The first kappa shape index (κ1) is 23.2. The molecule has 2 aromatic carbocycles. The number of para-hydroxylation sites is 1. The van der Waals surface area contributed by atoms with Crippen molar-refractivity contribution in [3.8, 4) is 0 Å². The Morgan fingerprint density at radius 2 is 1.61 bits per heavy atom. The predicted octanol–water partition coefficient (Wildman–Crippen LogP) is 2.27. The Bertz CT molecular complexity index is 941. The molecule has 3 rings (SSSR count). The van der Waals surface area contributed by atoms with Gasteiger partial charge in [-0.05, 0) is 62.8 Å². The fourth-order valence-electron chi connectivity index (χ4n) is 3.55. The Hall–Kier alpha value is -2.42. The number of hydrogen-bond acceptors (Lipinski definition) is 5. The second kappa shape index (κ2) is 10.7. The monoisotopic (exact) mass is 444 g/mol. The predicted molar refractivity (Wildman–Crippen MR) is 124 cm³/mol. The number of piperazine rings is 1. The van der Waals surface area contributed by atoms with Crippen LogP contribution < -0.4 is 9.62 Å². The number of nitrogens with one attached hydrogen (secondary N) is 1. The van der Waals surface area contributed by atoms with Gasteiger partial charge in [-0.3, -0.25) is 9.10 Å². The molecule has 1 fully saturated rings. The van der Waals surface area contributed by atoms with E-state index in [9.17, 15) is 13.2 Å². The molecule has 8 heteroatoms. The van der Waals surface area contributed by atoms with Crippen LogP contribution >= 0.6 is 0 Å². The van der Waals surface area contributed by atoms with Gasteiger partial charge in [0.2, 0.25) is 0 Å². The van der Waals surface area contributed by atoms with Crippen molar-refractivity contribution >= 4 is 21.6 Å². The zero-order valence-electron chi connectivity index (χ0n) is 18.3. The van der Waals surface area contributed by atoms with Gasteiger partial charge in [0.25, 0.3) is 15.9 Å². The van der Waals surface area contributed by atoms with Crippen LogP contribution in [-0.2, 0) is 10.0 Å². The highest BCUT2D eigenvalue weighted by Crippen LogP contribution is 2.21. The third-order valence-electron chi connectivity index (χ3n) is 5.68. The minimum atomic E-state index is -3.68. The van der Waals surface area contributed by atoms with E-state index in [0.717, 1.165) is 45.6 Å². The molecule has 0 bridgehead atoms. The van der Waals surface area contributed by atoms with E-state index in [1.807, 2.05) is 6.07 Å². The van der Waals surface area contributed by atoms with E-state index in [0.29, 0.717) is 17.8 Å². The van der Waals surface area contributed by atoms with Crippen LogP contribution in [0.3, 0.4) is 0 Å². The summed E-state index contributed by atoms with van der Waals surface area (Å²) in [6, 6.07) is 15.0. The Morgan fingerprint density at radius 3 is 2.26 bits per heavy atom. The standard InChI is InChI=1S/C23H32N4O3S/c1-25-16-18-27(19-17-25)15-7-6-14-24-23(28)20-10-12-22(13-11-20)31(29,30)26(2)21-8-4-3-5-9-21/h3-5,8-13H,6-7,14-19H2,1-2H3,(H,24,28). The summed E-state index contributed by atoms with van der Waals surface area (Å²) in [5.74, 6) is -0.181. The van der Waals surface area contributed by atoms with Gasteiger partial charge < -0.3 is 15.1 Å². The fourth-order valence-corrected chi connectivity index (χ4v) is 4.74. The molecule has 7 nitrogen and oxygen atoms in total. The summed E-state index contributed by atoms with van der Waals surface area (Å²) in [4.78, 5) is 17.3. The minimum absolute atomic E-state index is 0.155. The lowest BCUT2D eigenvalue weighted by atomic mass is 10.2. The molecule has 0 unspecified atom stereocenters. The summed E-state index contributed by atoms with van der Waals surface area (Å²) in [6.07, 6.45) is 1.97. The highest BCUT2D eigenvalue weighted by Gasteiger charge is 2.21. The summed E-state index contributed by atoms with van der Waals surface area (Å²) in [7, 11) is -0.00862. The van der Waals surface area contributed by atoms with Crippen molar-refractivity contribution in [3.63, 3.8) is 0 Å². The first-order valence-electron chi connectivity index (χ1n) is 10.7. The van der Waals surface area contributed by atoms with E-state index in [1.165, 1.54) is 23.5 Å². The molecule has 0 saturated carbocycles. The van der Waals surface area contributed by atoms with Gasteiger partial charge in [0, 0.05) is 45.3 Å². The van der Waals surface area contributed by atoms with E-state index in [-0.39, 0.29) is 10.8 Å². The number of sulfonamides is 1. The van der Waals surface area contributed by atoms with E-state index in [1.54, 1.807) is 36.4 Å². The Kier molecular flexibility index (Phi) is 8.06. The largest absolute Gasteiger partial charge is 0.352 e. The summed E-state index contributed by atoms with van der Waals surface area (Å²) in [5.41, 5.74) is 1.04. The van der Waals surface area contributed by atoms with Gasteiger partial charge in [0.05, 0.1) is 10.6 Å². The van der Waals surface area contributed by atoms with Gasteiger partial charge in [-0.2, -0.15) is 0 Å². The quantitative estimate of drug-likeness (QED) is 0.601. The third-order valence-corrected chi connectivity index (χ3v) is 7.48. The van der Waals surface area contributed by atoms with E-state index in [2.05, 4.69) is 22.2 Å². The number of benzene rings is 2. The Morgan fingerprint density at radius 1 is 0.968 bits per heavy atom. The van der Waals surface area contributed by atoms with Crippen molar-refractivity contribution in [1.82, 2.24) is 15.1 Å². The maximum atomic E-state index is 12.8. The maximum Gasteiger partial charge on any atom is 0.264 e. The SMILES string of the molecule is CN1CCN(CCCCNC(=O)c2ccc(S(=O)(=O)N(C)c3ccccc3)cc2)CC1. The zero-order chi connectivity index (χ0) is 22.3. The maximum absolute atomic E-state index is 12.8. The molecule has 1 aliphatic rings. The summed E-state index contributed by atoms with van der Waals surface area (Å²) in [6.45, 7) is 6.12. The molecule has 1 aliphatic heterocycles. The number of amides is 1. The number of carbonyl (C=O) groups excluding carboxylic acids is 1. The van der Waals surface area contributed by atoms with Crippen molar-refractivity contribution in [1.29, 1.82) is 0 Å². The summed E-state index contributed by atoms with van der Waals surface area (Å²) >= 11 is 0. The van der Waals surface area contributed by atoms with Gasteiger partial charge in [-0.25, -0.2) is 8.42 Å². The molecular weight excluding hydrogens is 412 g/mol. The number of hydrogen-bond donors (Lipinski definition) is 1. The number of rotatable bonds is 9. The lowest BCUT2D eigenvalue weighted by Crippen LogP contribution is -2.44. The highest BCUT2D eigenvalue weighted by atomic mass is 32.2. The molecule has 1 N–H and O–H groups in total. The number of carbonyl (C=O) groups is 1. The van der Waals surface area contributed by atoms with Crippen LogP contribution in [0, 0.1) is 0 Å². The molecule has 2 aromatic rings. The van der Waals surface area contributed by atoms with Crippen LogP contribution in [0.4, 0.5) is 5.69 Å². The number of unbranched alkanes of at least 4 members (excludes halogenated alkanes) is 1. The van der Waals surface area contributed by atoms with Gasteiger partial charge in [-0.1, -0.05) is 18.2 Å². The van der Waals surface area contributed by atoms with Crippen molar-refractivity contribution in [3.05, 3.63) is 60.2 Å². The van der Waals surface area contributed by atoms with Gasteiger partial charge >= 0.3 is 0 Å². The molecule has 168 valence electrons. The molecule has 1 saturated heterocycles. The lowest BCUT2D eigenvalue weighted by Gasteiger charge is -2.32. The summed E-state index contributed by atoms with van der Waals surface area (Å²) < 4.78 is 26.9. The van der Waals surface area contributed by atoms with E-state index >= 15 is 0 Å². The molecule has 0 aromatic heterocycles. The first-order valence-corrected chi connectivity index (χ1v) is 12.1. The molecule has 1 amide bonds. The van der Waals surface area contributed by atoms with E-state index < -0.39 is 10.0 Å².